The molecule has 1 rings (SSSR count). The van der Waals surface area contributed by atoms with Gasteiger partial charge in [-0.2, -0.15) is 5.26 Å². The minimum absolute atomic E-state index is 0.311. The van der Waals surface area contributed by atoms with E-state index in [1.807, 2.05) is 6.07 Å². The molecule has 0 aromatic carbocycles. The van der Waals surface area contributed by atoms with E-state index in [2.05, 4.69) is 29.1 Å². The summed E-state index contributed by atoms with van der Waals surface area (Å²) < 4.78 is 0. The predicted octanol–water partition coefficient (Wildman–Crippen LogP) is 1.56. The van der Waals surface area contributed by atoms with Crippen molar-refractivity contribution in [3.8, 4) is 6.07 Å². The molecule has 17 heavy (non-hydrogen) atoms. The van der Waals surface area contributed by atoms with Gasteiger partial charge < -0.3 is 10.4 Å². The van der Waals surface area contributed by atoms with Gasteiger partial charge in [-0.3, -0.25) is 0 Å². The van der Waals surface area contributed by atoms with Crippen molar-refractivity contribution in [2.45, 2.75) is 32.8 Å². The van der Waals surface area contributed by atoms with Gasteiger partial charge in [0.15, 0.2) is 0 Å². The number of aliphatic hydroxyl groups is 1. The third-order valence-corrected chi connectivity index (χ3v) is 2.25. The first kappa shape index (κ1) is 13.4. The van der Waals surface area contributed by atoms with Crippen LogP contribution in [-0.4, -0.2) is 27.2 Å². The monoisotopic (exact) mass is 234 g/mol. The molecule has 92 valence electrons. The van der Waals surface area contributed by atoms with E-state index >= 15 is 0 Å². The van der Waals surface area contributed by atoms with Crippen LogP contribution in [0.25, 0.3) is 0 Å². The van der Waals surface area contributed by atoms with Crippen LogP contribution in [0.4, 0.5) is 5.95 Å². The van der Waals surface area contributed by atoms with Crippen LogP contribution >= 0.6 is 0 Å². The van der Waals surface area contributed by atoms with Crippen LogP contribution in [-0.2, 0) is 0 Å². The second-order valence-corrected chi connectivity index (χ2v) is 4.83. The van der Waals surface area contributed by atoms with Crippen LogP contribution < -0.4 is 5.32 Å². The first-order valence-corrected chi connectivity index (χ1v) is 5.62. The topological polar surface area (TPSA) is 81.8 Å². The molecule has 0 spiro atoms. The van der Waals surface area contributed by atoms with Gasteiger partial charge in [-0.25, -0.2) is 9.97 Å². The highest BCUT2D eigenvalue weighted by atomic mass is 16.3. The van der Waals surface area contributed by atoms with Crippen LogP contribution in [0.1, 0.15) is 32.9 Å². The highest BCUT2D eigenvalue weighted by molar-refractivity contribution is 5.30. The van der Waals surface area contributed by atoms with Crippen LogP contribution in [0.3, 0.4) is 0 Å². The summed E-state index contributed by atoms with van der Waals surface area (Å²) in [4.78, 5) is 7.96. The number of rotatable bonds is 5. The summed E-state index contributed by atoms with van der Waals surface area (Å²) >= 11 is 0. The van der Waals surface area contributed by atoms with Crippen molar-refractivity contribution in [1.82, 2.24) is 9.97 Å². The molecule has 0 aliphatic rings. The van der Waals surface area contributed by atoms with Gasteiger partial charge in [0.05, 0.1) is 5.60 Å². The van der Waals surface area contributed by atoms with Gasteiger partial charge in [-0.1, -0.05) is 13.8 Å². The SMILES string of the molecule is CC(C)CC(C)(O)CNc1nccc(C#N)n1. The zero-order valence-electron chi connectivity index (χ0n) is 10.4. The third-order valence-electron chi connectivity index (χ3n) is 2.25. The average Bonchev–Trinajstić information content (AvgIpc) is 2.25. The number of aromatic nitrogens is 2. The summed E-state index contributed by atoms with van der Waals surface area (Å²) in [5.41, 5.74) is -0.494. The Morgan fingerprint density at radius 1 is 1.59 bits per heavy atom. The lowest BCUT2D eigenvalue weighted by Crippen LogP contribution is -2.35. The summed E-state index contributed by atoms with van der Waals surface area (Å²) in [6.07, 6.45) is 2.21. The number of hydrogen-bond donors (Lipinski definition) is 2. The second-order valence-electron chi connectivity index (χ2n) is 4.83. The Labute approximate surface area is 102 Å². The fraction of sp³-hybridized carbons (Fsp3) is 0.583. The van der Waals surface area contributed by atoms with Gasteiger partial charge in [0.1, 0.15) is 11.8 Å². The number of hydrogen-bond acceptors (Lipinski definition) is 5. The quantitative estimate of drug-likeness (QED) is 0.808. The van der Waals surface area contributed by atoms with Crippen molar-refractivity contribution in [1.29, 1.82) is 5.26 Å². The standard InChI is InChI=1S/C12H18N4O/c1-9(2)6-12(3,17)8-15-11-14-5-4-10(7-13)16-11/h4-5,9,17H,6,8H2,1-3H3,(H,14,15,16). The highest BCUT2D eigenvalue weighted by Crippen LogP contribution is 2.16. The summed E-state index contributed by atoms with van der Waals surface area (Å²) in [5.74, 6) is 0.784. The fourth-order valence-corrected chi connectivity index (χ4v) is 1.73. The van der Waals surface area contributed by atoms with E-state index in [-0.39, 0.29) is 0 Å². The van der Waals surface area contributed by atoms with Gasteiger partial charge in [0.25, 0.3) is 0 Å². The molecule has 1 atom stereocenters. The maximum atomic E-state index is 10.1. The van der Waals surface area contributed by atoms with Gasteiger partial charge in [0, 0.05) is 12.7 Å². The Balaban J connectivity index is 2.58. The Kier molecular flexibility index (Phi) is 4.41. The molecule has 5 nitrogen and oxygen atoms in total. The van der Waals surface area contributed by atoms with Crippen LogP contribution in [0.2, 0.25) is 0 Å². The molecule has 0 saturated heterocycles. The number of nitriles is 1. The normalized spacial score (nSPS) is 14.1. The Morgan fingerprint density at radius 2 is 2.29 bits per heavy atom. The van der Waals surface area contributed by atoms with Crippen molar-refractivity contribution < 1.29 is 5.11 Å². The fourth-order valence-electron chi connectivity index (χ4n) is 1.73. The van der Waals surface area contributed by atoms with E-state index in [1.54, 1.807) is 6.92 Å². The van der Waals surface area contributed by atoms with Crippen LogP contribution in [0, 0.1) is 17.2 Å². The number of nitrogens with zero attached hydrogens (tertiary/aromatic N) is 3. The molecule has 1 aromatic rings. The minimum atomic E-state index is -0.805. The van der Waals surface area contributed by atoms with Crippen molar-refractivity contribution in [2.24, 2.45) is 5.92 Å². The smallest absolute Gasteiger partial charge is 0.223 e. The maximum absolute atomic E-state index is 10.1. The van der Waals surface area contributed by atoms with Gasteiger partial charge in [0.2, 0.25) is 5.95 Å². The molecule has 0 radical (unpaired) electrons. The molecular formula is C12H18N4O. The first-order valence-electron chi connectivity index (χ1n) is 5.62. The molecule has 2 N–H and O–H groups in total. The zero-order chi connectivity index (χ0) is 12.9. The Bertz CT molecular complexity index is 409. The molecule has 5 heteroatoms. The van der Waals surface area contributed by atoms with Gasteiger partial charge in [-0.15, -0.1) is 0 Å². The van der Waals surface area contributed by atoms with Crippen molar-refractivity contribution in [3.63, 3.8) is 0 Å². The first-order chi connectivity index (χ1) is 7.93. The molecule has 1 aromatic heterocycles. The van der Waals surface area contributed by atoms with Crippen molar-refractivity contribution in [2.75, 3.05) is 11.9 Å². The summed E-state index contributed by atoms with van der Waals surface area (Å²) in [5, 5.41) is 21.7. The van der Waals surface area contributed by atoms with Crippen LogP contribution in [0.15, 0.2) is 12.3 Å². The summed E-state index contributed by atoms with van der Waals surface area (Å²) in [7, 11) is 0. The summed E-state index contributed by atoms with van der Waals surface area (Å²) in [6, 6.07) is 3.48. The number of nitrogens with one attached hydrogen (secondary N) is 1. The lowest BCUT2D eigenvalue weighted by molar-refractivity contribution is 0.0514. The molecule has 0 aliphatic heterocycles. The number of anilines is 1. The van der Waals surface area contributed by atoms with Crippen molar-refractivity contribution in [3.05, 3.63) is 18.0 Å². The van der Waals surface area contributed by atoms with E-state index in [9.17, 15) is 5.11 Å². The molecule has 1 unspecified atom stereocenters. The predicted molar refractivity (Wildman–Crippen MR) is 65.3 cm³/mol. The van der Waals surface area contributed by atoms with Crippen molar-refractivity contribution >= 4 is 5.95 Å². The van der Waals surface area contributed by atoms with E-state index < -0.39 is 5.60 Å². The molecule has 0 bridgehead atoms. The van der Waals surface area contributed by atoms with E-state index in [0.717, 1.165) is 0 Å². The molecular weight excluding hydrogens is 216 g/mol. The van der Waals surface area contributed by atoms with Gasteiger partial charge >= 0.3 is 0 Å². The largest absolute Gasteiger partial charge is 0.388 e. The zero-order valence-corrected chi connectivity index (χ0v) is 10.4. The Hall–Kier alpha value is -1.67. The van der Waals surface area contributed by atoms with Crippen LogP contribution in [0.5, 0.6) is 0 Å². The minimum Gasteiger partial charge on any atom is -0.388 e. The average molecular weight is 234 g/mol. The molecule has 0 fully saturated rings. The molecule has 0 aliphatic carbocycles. The highest BCUT2D eigenvalue weighted by Gasteiger charge is 2.21. The molecule has 0 saturated carbocycles. The van der Waals surface area contributed by atoms with Gasteiger partial charge in [-0.05, 0) is 25.3 Å². The molecule has 0 amide bonds. The lowest BCUT2D eigenvalue weighted by atomic mass is 9.94. The van der Waals surface area contributed by atoms with E-state index in [1.165, 1.54) is 12.3 Å². The Morgan fingerprint density at radius 3 is 2.88 bits per heavy atom. The van der Waals surface area contributed by atoms with E-state index in [4.69, 9.17) is 5.26 Å². The maximum Gasteiger partial charge on any atom is 0.223 e. The summed E-state index contributed by atoms with van der Waals surface area (Å²) in [6.45, 7) is 6.25. The lowest BCUT2D eigenvalue weighted by Gasteiger charge is -2.25. The molecule has 1 heterocycles. The van der Waals surface area contributed by atoms with E-state index in [0.29, 0.717) is 30.5 Å². The second kappa shape index (κ2) is 5.60. The third kappa shape index (κ3) is 4.79.